The Balaban J connectivity index is 0.000000174. The van der Waals surface area contributed by atoms with Gasteiger partial charge >= 0.3 is 0 Å². The van der Waals surface area contributed by atoms with Crippen molar-refractivity contribution in [3.05, 3.63) is 106 Å². The lowest BCUT2D eigenvalue weighted by atomic mass is 9.85. The fourth-order valence-corrected chi connectivity index (χ4v) is 7.19. The number of benzene rings is 4. The van der Waals surface area contributed by atoms with Gasteiger partial charge in [-0.05, 0) is 106 Å². The summed E-state index contributed by atoms with van der Waals surface area (Å²) in [7, 11) is 8.01. The Morgan fingerprint density at radius 3 is 1.40 bits per heavy atom. The zero-order chi connectivity index (χ0) is 40.2. The maximum atomic E-state index is 12.5. The molecule has 0 bridgehead atoms. The molecule has 10 nitrogen and oxygen atoms in total. The topological polar surface area (TPSA) is 96.0 Å². The third-order valence-corrected chi connectivity index (χ3v) is 10.0. The number of ketones is 2. The van der Waals surface area contributed by atoms with Crippen molar-refractivity contribution in [2.45, 2.75) is 40.0 Å². The predicted octanol–water partition coefficient (Wildman–Crippen LogP) is 7.99. The third-order valence-electron chi connectivity index (χ3n) is 10.0. The summed E-state index contributed by atoms with van der Waals surface area (Å²) < 4.78 is 35.2. The molecule has 8 rings (SSSR count). The van der Waals surface area contributed by atoms with Gasteiger partial charge in [0.15, 0.2) is 34.6 Å². The van der Waals surface area contributed by atoms with Gasteiger partial charge in [-0.25, -0.2) is 0 Å². The molecule has 10 heteroatoms. The van der Waals surface area contributed by atoms with E-state index < -0.39 is 0 Å². The number of nitrogens with zero attached hydrogens (tertiary/aromatic N) is 2. The van der Waals surface area contributed by atoms with Crippen molar-refractivity contribution in [2.75, 3.05) is 77.6 Å². The molecular formula is C47H52N2O8. The van der Waals surface area contributed by atoms with E-state index in [-0.39, 0.29) is 11.6 Å². The number of hydrogen-bond acceptors (Lipinski definition) is 10. The van der Waals surface area contributed by atoms with Gasteiger partial charge in [0.2, 0.25) is 0 Å². The molecule has 0 aromatic heterocycles. The smallest absolute Gasteiger partial charge is 0.161 e. The van der Waals surface area contributed by atoms with E-state index >= 15 is 0 Å². The lowest BCUT2D eigenvalue weighted by Gasteiger charge is -2.25. The molecule has 0 spiro atoms. The maximum Gasteiger partial charge on any atom is 0.161 e. The molecule has 57 heavy (non-hydrogen) atoms. The van der Waals surface area contributed by atoms with E-state index in [9.17, 15) is 9.59 Å². The zero-order valence-electron chi connectivity index (χ0n) is 34.0. The van der Waals surface area contributed by atoms with E-state index in [1.165, 1.54) is 0 Å². The maximum absolute atomic E-state index is 12.5. The summed E-state index contributed by atoms with van der Waals surface area (Å²) in [5.41, 5.74) is 9.62. The normalized spacial score (nSPS) is 15.0. The van der Waals surface area contributed by atoms with Gasteiger partial charge in [0.1, 0.15) is 37.9 Å². The highest BCUT2D eigenvalue weighted by molar-refractivity contribution is 6.07. The van der Waals surface area contributed by atoms with Crippen molar-refractivity contribution in [1.82, 2.24) is 0 Å². The van der Waals surface area contributed by atoms with Gasteiger partial charge in [0, 0.05) is 75.7 Å². The predicted molar refractivity (Wildman–Crippen MR) is 224 cm³/mol. The lowest BCUT2D eigenvalue weighted by Crippen LogP contribution is -2.18. The first-order valence-corrected chi connectivity index (χ1v) is 19.7. The van der Waals surface area contributed by atoms with Gasteiger partial charge in [0.25, 0.3) is 0 Å². The molecule has 4 aliphatic rings. The molecule has 0 unspecified atom stereocenters. The second-order valence-corrected chi connectivity index (χ2v) is 15.4. The number of allylic oxidation sites excluding steroid dienone is 2. The molecule has 0 amide bonds. The minimum atomic E-state index is 0.0793. The Morgan fingerprint density at radius 1 is 0.579 bits per heavy atom. The van der Waals surface area contributed by atoms with Crippen LogP contribution >= 0.6 is 0 Å². The number of carbonyl (C=O) groups excluding carboxylic acids is 2. The number of carbonyl (C=O) groups is 2. The Hall–Kier alpha value is -5.90. The number of fused-ring (bicyclic) bond motifs is 4. The van der Waals surface area contributed by atoms with Gasteiger partial charge < -0.3 is 38.2 Å². The van der Waals surface area contributed by atoms with Crippen LogP contribution < -0.4 is 38.2 Å². The second-order valence-electron chi connectivity index (χ2n) is 15.4. The van der Waals surface area contributed by atoms with Crippen LogP contribution in [0.4, 0.5) is 11.4 Å². The zero-order valence-corrected chi connectivity index (χ0v) is 34.0. The van der Waals surface area contributed by atoms with Crippen LogP contribution in [0.2, 0.25) is 0 Å². The quantitative estimate of drug-likeness (QED) is 0.158. The van der Waals surface area contributed by atoms with Crippen molar-refractivity contribution in [3.63, 3.8) is 0 Å². The Bertz CT molecular complexity index is 2230. The van der Waals surface area contributed by atoms with Crippen molar-refractivity contribution < 1.29 is 38.0 Å². The summed E-state index contributed by atoms with van der Waals surface area (Å²) >= 11 is 0. The second kappa shape index (κ2) is 17.1. The summed E-state index contributed by atoms with van der Waals surface area (Å²) in [4.78, 5) is 29.1. The molecule has 0 saturated carbocycles. The van der Waals surface area contributed by atoms with Crippen molar-refractivity contribution in [2.24, 2.45) is 5.92 Å². The fraction of sp³-hybridized carbons (Fsp3) is 0.362. The first-order chi connectivity index (χ1) is 27.5. The Labute approximate surface area is 335 Å². The van der Waals surface area contributed by atoms with Gasteiger partial charge in [-0.3, -0.25) is 9.59 Å². The number of anilines is 2. The summed E-state index contributed by atoms with van der Waals surface area (Å²) in [6.07, 6.45) is 5.11. The highest BCUT2D eigenvalue weighted by Gasteiger charge is 2.27. The van der Waals surface area contributed by atoms with Crippen LogP contribution in [0.3, 0.4) is 0 Å². The SMILES string of the molecule is CC(C)COc1cc(N(C)C)ccc1C1=CC(=O)Cc2cc3c(cc21)OCCO3.CCCOc1cc(N(C)C)ccc1C1=CC(=O)Cc2cc3c(cc21)OCCO3. The number of ether oxygens (including phenoxy) is 6. The highest BCUT2D eigenvalue weighted by Crippen LogP contribution is 2.44. The van der Waals surface area contributed by atoms with E-state index in [1.807, 2.05) is 92.6 Å². The van der Waals surface area contributed by atoms with Crippen LogP contribution in [-0.2, 0) is 22.4 Å². The summed E-state index contributed by atoms with van der Waals surface area (Å²) in [5, 5.41) is 0. The van der Waals surface area contributed by atoms with E-state index in [4.69, 9.17) is 28.4 Å². The summed E-state index contributed by atoms with van der Waals surface area (Å²) in [6, 6.07) is 20.1. The average molecular weight is 773 g/mol. The molecule has 0 saturated heterocycles. The standard InChI is InChI=1S/C24H27NO4.C23H25NO4/c1-15(2)14-29-22-11-17(25(3)4)5-6-19(22)21-12-18(26)9-16-10-23-24(13-20(16)21)28-8-7-27-23;1-4-7-26-21-12-16(24(2)3)5-6-18(21)20-13-17(25)10-15-11-22-23(14-19(15)20)28-9-8-27-22/h5-6,10-13,15H,7-9,14H2,1-4H3;5-6,11-14H,4,7-10H2,1-3H3. The van der Waals surface area contributed by atoms with Gasteiger partial charge in [0.05, 0.1) is 13.2 Å². The molecule has 2 heterocycles. The van der Waals surface area contributed by atoms with Crippen molar-refractivity contribution in [3.8, 4) is 34.5 Å². The Kier molecular flexibility index (Phi) is 11.8. The molecule has 2 aliphatic heterocycles. The lowest BCUT2D eigenvalue weighted by molar-refractivity contribution is -0.114. The molecule has 0 radical (unpaired) electrons. The minimum Gasteiger partial charge on any atom is -0.493 e. The van der Waals surface area contributed by atoms with Crippen LogP contribution in [0.1, 0.15) is 60.6 Å². The van der Waals surface area contributed by atoms with Gasteiger partial charge in [-0.15, -0.1) is 0 Å². The molecular weight excluding hydrogens is 721 g/mol. The minimum absolute atomic E-state index is 0.0793. The summed E-state index contributed by atoms with van der Waals surface area (Å²) in [6.45, 7) is 9.69. The fourth-order valence-electron chi connectivity index (χ4n) is 7.19. The van der Waals surface area contributed by atoms with Crippen LogP contribution in [0.25, 0.3) is 11.1 Å². The third kappa shape index (κ3) is 8.75. The molecule has 0 N–H and O–H groups in total. The van der Waals surface area contributed by atoms with Gasteiger partial charge in [-0.1, -0.05) is 20.8 Å². The highest BCUT2D eigenvalue weighted by atomic mass is 16.6. The monoisotopic (exact) mass is 772 g/mol. The first-order valence-electron chi connectivity index (χ1n) is 19.7. The van der Waals surface area contributed by atoms with E-state index in [0.29, 0.717) is 69.9 Å². The van der Waals surface area contributed by atoms with Crippen LogP contribution in [-0.4, -0.2) is 79.4 Å². The van der Waals surface area contributed by atoms with E-state index in [2.05, 4.69) is 26.8 Å². The molecule has 4 aromatic carbocycles. The number of hydrogen-bond donors (Lipinski definition) is 0. The van der Waals surface area contributed by atoms with E-state index in [1.54, 1.807) is 12.2 Å². The van der Waals surface area contributed by atoms with Crippen molar-refractivity contribution in [1.29, 1.82) is 0 Å². The molecule has 0 fully saturated rings. The van der Waals surface area contributed by atoms with Crippen molar-refractivity contribution >= 4 is 34.1 Å². The molecule has 2 aliphatic carbocycles. The molecule has 0 atom stereocenters. The molecule has 298 valence electrons. The van der Waals surface area contributed by atoms with Crippen LogP contribution in [0.15, 0.2) is 72.8 Å². The Morgan fingerprint density at radius 2 is 1.00 bits per heavy atom. The number of rotatable bonds is 10. The van der Waals surface area contributed by atoms with Gasteiger partial charge in [-0.2, -0.15) is 0 Å². The molecule has 4 aromatic rings. The average Bonchev–Trinajstić information content (AvgIpc) is 3.20. The largest absolute Gasteiger partial charge is 0.493 e. The van der Waals surface area contributed by atoms with E-state index in [0.717, 1.165) is 85.3 Å². The van der Waals surface area contributed by atoms with Crippen LogP contribution in [0, 0.1) is 5.92 Å². The van der Waals surface area contributed by atoms with Crippen LogP contribution in [0.5, 0.6) is 34.5 Å². The first kappa shape index (κ1) is 39.3. The summed E-state index contributed by atoms with van der Waals surface area (Å²) in [5.74, 6) is 5.01.